The molecule has 0 unspecified atom stereocenters. The molecule has 0 aliphatic carbocycles. The Morgan fingerprint density at radius 2 is 2.41 bits per heavy atom. The summed E-state index contributed by atoms with van der Waals surface area (Å²) in [6.45, 7) is 0.507. The minimum absolute atomic E-state index is 0.0146. The van der Waals surface area contributed by atoms with Crippen LogP contribution < -0.4 is 5.32 Å². The van der Waals surface area contributed by atoms with E-state index >= 15 is 0 Å². The molecule has 0 saturated heterocycles. The largest absolute Gasteiger partial charge is 0.378 e. The Labute approximate surface area is 102 Å². The molecule has 0 radical (unpaired) electrons. The van der Waals surface area contributed by atoms with Crippen LogP contribution in [0, 0.1) is 22.5 Å². The van der Waals surface area contributed by atoms with E-state index in [2.05, 4.69) is 16.2 Å². The van der Waals surface area contributed by atoms with Crippen molar-refractivity contribution < 1.29 is 4.92 Å². The molecule has 1 aromatic heterocycles. The number of nitro groups is 1. The third-order valence-electron chi connectivity index (χ3n) is 2.24. The predicted molar refractivity (Wildman–Crippen MR) is 68.2 cm³/mol. The molecule has 0 aliphatic heterocycles. The number of fused-ring (bicyclic) bond motifs is 1. The molecule has 1 N–H and O–H groups in total. The zero-order chi connectivity index (χ0) is 12.3. The molecule has 0 bridgehead atoms. The number of nitrogens with one attached hydrogen (secondary N) is 1. The minimum atomic E-state index is -0.416. The van der Waals surface area contributed by atoms with Gasteiger partial charge in [0.1, 0.15) is 5.69 Å². The second kappa shape index (κ2) is 4.80. The average Bonchev–Trinajstić information content (AvgIpc) is 2.76. The Kier molecular flexibility index (Phi) is 3.21. The van der Waals surface area contributed by atoms with Gasteiger partial charge in [-0.15, -0.1) is 23.7 Å². The highest BCUT2D eigenvalue weighted by Crippen LogP contribution is 2.34. The smallest absolute Gasteiger partial charge is 0.319 e. The van der Waals surface area contributed by atoms with E-state index in [1.54, 1.807) is 11.6 Å². The lowest BCUT2D eigenvalue weighted by Crippen LogP contribution is -2.03. The zero-order valence-electron chi connectivity index (χ0n) is 8.84. The molecule has 0 fully saturated rings. The maximum absolute atomic E-state index is 11.1. The van der Waals surface area contributed by atoms with Crippen LogP contribution in [0.1, 0.15) is 6.42 Å². The molecule has 0 saturated carbocycles. The van der Waals surface area contributed by atoms with Crippen LogP contribution in [0.15, 0.2) is 17.6 Å². The van der Waals surface area contributed by atoms with Crippen LogP contribution in [-0.4, -0.2) is 16.5 Å². The Hall–Kier alpha value is -2.13. The molecular formula is C11H9N3O2S. The lowest BCUT2D eigenvalue weighted by molar-refractivity contribution is -0.382. The third-order valence-corrected chi connectivity index (χ3v) is 3.04. The van der Waals surface area contributed by atoms with Gasteiger partial charge in [-0.3, -0.25) is 10.1 Å². The highest BCUT2D eigenvalue weighted by atomic mass is 32.1. The van der Waals surface area contributed by atoms with Crippen LogP contribution >= 0.6 is 11.3 Å². The van der Waals surface area contributed by atoms with Crippen LogP contribution in [0.4, 0.5) is 11.4 Å². The summed E-state index contributed by atoms with van der Waals surface area (Å²) in [7, 11) is 0. The molecule has 0 spiro atoms. The summed E-state index contributed by atoms with van der Waals surface area (Å²) in [5, 5.41) is 14.0. The first-order valence-corrected chi connectivity index (χ1v) is 5.80. The summed E-state index contributed by atoms with van der Waals surface area (Å²) in [5.74, 6) is 2.47. The highest BCUT2D eigenvalue weighted by Gasteiger charge is 2.19. The zero-order valence-corrected chi connectivity index (χ0v) is 9.66. The number of hydrogen-bond acceptors (Lipinski definition) is 5. The fourth-order valence-electron chi connectivity index (χ4n) is 1.51. The lowest BCUT2D eigenvalue weighted by atomic mass is 10.2. The minimum Gasteiger partial charge on any atom is -0.378 e. The number of anilines is 1. The average molecular weight is 247 g/mol. The highest BCUT2D eigenvalue weighted by molar-refractivity contribution is 7.16. The van der Waals surface area contributed by atoms with Gasteiger partial charge in [0.2, 0.25) is 0 Å². The standard InChI is InChI=1S/C11H9N3O2S/c1-2-3-6-12-8-4-5-9-10(13-7-17-9)11(8)14(15)16/h1,4-5,7,12H,3,6H2. The second-order valence-electron chi connectivity index (χ2n) is 3.30. The summed E-state index contributed by atoms with van der Waals surface area (Å²) in [4.78, 5) is 14.7. The van der Waals surface area contributed by atoms with Crippen molar-refractivity contribution in [2.24, 2.45) is 0 Å². The van der Waals surface area contributed by atoms with Crippen molar-refractivity contribution in [2.75, 3.05) is 11.9 Å². The topological polar surface area (TPSA) is 68.1 Å². The first-order valence-electron chi connectivity index (χ1n) is 4.92. The summed E-state index contributed by atoms with van der Waals surface area (Å²) in [6, 6.07) is 3.51. The fraction of sp³-hybridized carbons (Fsp3) is 0.182. The van der Waals surface area contributed by atoms with Gasteiger partial charge in [0, 0.05) is 13.0 Å². The Morgan fingerprint density at radius 3 is 3.12 bits per heavy atom. The van der Waals surface area contributed by atoms with Crippen molar-refractivity contribution >= 4 is 32.9 Å². The van der Waals surface area contributed by atoms with Crippen molar-refractivity contribution in [3.8, 4) is 12.3 Å². The van der Waals surface area contributed by atoms with Crippen molar-refractivity contribution in [2.45, 2.75) is 6.42 Å². The molecule has 0 atom stereocenters. The second-order valence-corrected chi connectivity index (χ2v) is 4.19. The predicted octanol–water partition coefficient (Wildman–Crippen LogP) is 2.64. The van der Waals surface area contributed by atoms with E-state index in [-0.39, 0.29) is 5.69 Å². The van der Waals surface area contributed by atoms with E-state index in [1.807, 2.05) is 6.07 Å². The summed E-state index contributed by atoms with van der Waals surface area (Å²) in [6.07, 6.45) is 5.65. The van der Waals surface area contributed by atoms with Gasteiger partial charge in [-0.1, -0.05) is 0 Å². The normalized spacial score (nSPS) is 10.1. The maximum atomic E-state index is 11.1. The molecule has 6 heteroatoms. The van der Waals surface area contributed by atoms with E-state index < -0.39 is 4.92 Å². The number of aromatic nitrogens is 1. The van der Waals surface area contributed by atoms with Crippen molar-refractivity contribution in [3.63, 3.8) is 0 Å². The number of nitrogens with zero attached hydrogens (tertiary/aromatic N) is 2. The van der Waals surface area contributed by atoms with E-state index in [0.29, 0.717) is 24.2 Å². The molecule has 2 aromatic rings. The number of benzene rings is 1. The number of thiazole rings is 1. The lowest BCUT2D eigenvalue weighted by Gasteiger charge is -2.05. The van der Waals surface area contributed by atoms with Crippen molar-refractivity contribution in [1.82, 2.24) is 4.98 Å². The van der Waals surface area contributed by atoms with E-state index in [9.17, 15) is 10.1 Å². The van der Waals surface area contributed by atoms with Crippen LogP contribution in [-0.2, 0) is 0 Å². The van der Waals surface area contributed by atoms with Gasteiger partial charge in [-0.05, 0) is 12.1 Å². The fourth-order valence-corrected chi connectivity index (χ4v) is 2.19. The Morgan fingerprint density at radius 1 is 1.59 bits per heavy atom. The van der Waals surface area contributed by atoms with Crippen LogP contribution in [0.2, 0.25) is 0 Å². The van der Waals surface area contributed by atoms with E-state index in [0.717, 1.165) is 4.70 Å². The van der Waals surface area contributed by atoms with Gasteiger partial charge < -0.3 is 5.32 Å². The molecule has 86 valence electrons. The molecule has 5 nitrogen and oxygen atoms in total. The first kappa shape index (κ1) is 11.4. The molecule has 1 heterocycles. The molecule has 1 aromatic carbocycles. The first-order chi connectivity index (χ1) is 8.24. The summed E-state index contributed by atoms with van der Waals surface area (Å²) in [5.41, 5.74) is 2.50. The SMILES string of the molecule is C#CCCNc1ccc2scnc2c1[N+](=O)[O-]. The maximum Gasteiger partial charge on any atom is 0.319 e. The number of rotatable bonds is 4. The van der Waals surface area contributed by atoms with Gasteiger partial charge in [0.05, 0.1) is 15.1 Å². The molecule has 2 rings (SSSR count). The van der Waals surface area contributed by atoms with Gasteiger partial charge in [0.15, 0.2) is 5.52 Å². The Bertz CT molecular complexity index is 600. The molecular weight excluding hydrogens is 238 g/mol. The molecule has 0 amide bonds. The summed E-state index contributed by atoms with van der Waals surface area (Å²) < 4.78 is 0.805. The van der Waals surface area contributed by atoms with Gasteiger partial charge >= 0.3 is 5.69 Å². The van der Waals surface area contributed by atoms with Gasteiger partial charge in [0.25, 0.3) is 0 Å². The molecule has 17 heavy (non-hydrogen) atoms. The number of terminal acetylenes is 1. The van der Waals surface area contributed by atoms with Gasteiger partial charge in [-0.25, -0.2) is 4.98 Å². The number of hydrogen-bond donors (Lipinski definition) is 1. The monoisotopic (exact) mass is 247 g/mol. The van der Waals surface area contributed by atoms with E-state index in [4.69, 9.17) is 6.42 Å². The quantitative estimate of drug-likeness (QED) is 0.390. The van der Waals surface area contributed by atoms with Crippen LogP contribution in [0.3, 0.4) is 0 Å². The van der Waals surface area contributed by atoms with Crippen molar-refractivity contribution in [1.29, 1.82) is 0 Å². The van der Waals surface area contributed by atoms with Crippen molar-refractivity contribution in [3.05, 3.63) is 27.8 Å². The Balaban J connectivity index is 2.44. The van der Waals surface area contributed by atoms with Crippen LogP contribution in [0.25, 0.3) is 10.2 Å². The van der Waals surface area contributed by atoms with Gasteiger partial charge in [-0.2, -0.15) is 0 Å². The van der Waals surface area contributed by atoms with Crippen LogP contribution in [0.5, 0.6) is 0 Å². The summed E-state index contributed by atoms with van der Waals surface area (Å²) >= 11 is 1.38. The third kappa shape index (κ3) is 2.19. The number of nitro benzene ring substituents is 1. The molecule has 0 aliphatic rings. The van der Waals surface area contributed by atoms with E-state index in [1.165, 1.54) is 11.3 Å².